The minimum absolute atomic E-state index is 0.784. The van der Waals surface area contributed by atoms with Gasteiger partial charge in [0.05, 0.1) is 0 Å². The second-order valence-electron chi connectivity index (χ2n) is 2.85. The molecule has 0 bridgehead atoms. The van der Waals surface area contributed by atoms with Crippen LogP contribution in [0.15, 0.2) is 28.2 Å². The van der Waals surface area contributed by atoms with E-state index in [0.29, 0.717) is 0 Å². The lowest BCUT2D eigenvalue weighted by atomic mass is 10.2. The molecule has 1 N–H and O–H groups in total. The van der Waals surface area contributed by atoms with E-state index in [1.54, 1.807) is 0 Å². The lowest BCUT2D eigenvalue weighted by Crippen LogP contribution is -1.88. The van der Waals surface area contributed by atoms with Gasteiger partial charge in [-0.1, -0.05) is 29.0 Å². The van der Waals surface area contributed by atoms with Crippen LogP contribution < -0.4 is 5.32 Å². The summed E-state index contributed by atoms with van der Waals surface area (Å²) >= 11 is 4.73. The second kappa shape index (κ2) is 4.06. The van der Waals surface area contributed by atoms with Crippen molar-refractivity contribution in [1.29, 1.82) is 0 Å². The Hall–Kier alpha value is -0.940. The van der Waals surface area contributed by atoms with Crippen molar-refractivity contribution in [1.82, 2.24) is 10.2 Å². The third-order valence-electron chi connectivity index (χ3n) is 1.70. The molecule has 0 unspecified atom stereocenters. The summed E-state index contributed by atoms with van der Waals surface area (Å²) in [5.74, 6) is 0. The fraction of sp³-hybridized carbons (Fsp3) is 0.111. The predicted molar refractivity (Wildman–Crippen MR) is 62.1 cm³/mol. The summed E-state index contributed by atoms with van der Waals surface area (Å²) < 4.78 is 0.784. The van der Waals surface area contributed by atoms with Crippen molar-refractivity contribution in [3.63, 3.8) is 0 Å². The predicted octanol–water partition coefficient (Wildman–Crippen LogP) is 3.35. The number of nitrogens with one attached hydrogen (secondary N) is 1. The monoisotopic (exact) mass is 269 g/mol. The first-order chi connectivity index (χ1) is 6.74. The zero-order chi connectivity index (χ0) is 9.97. The number of benzene rings is 1. The van der Waals surface area contributed by atoms with Crippen LogP contribution in [0.2, 0.25) is 0 Å². The van der Waals surface area contributed by atoms with Gasteiger partial charge in [-0.2, -0.15) is 0 Å². The van der Waals surface area contributed by atoms with Gasteiger partial charge in [-0.3, -0.25) is 0 Å². The van der Waals surface area contributed by atoms with Crippen LogP contribution in [0.5, 0.6) is 0 Å². The number of hydrogen-bond acceptors (Lipinski definition) is 4. The fourth-order valence-electron chi connectivity index (χ4n) is 1.02. The van der Waals surface area contributed by atoms with Gasteiger partial charge >= 0.3 is 0 Å². The molecular formula is C9H8BrN3S. The normalized spacial score (nSPS) is 10.1. The van der Waals surface area contributed by atoms with E-state index >= 15 is 0 Å². The number of nitrogens with zero attached hydrogens (tertiary/aromatic N) is 2. The molecule has 1 aromatic heterocycles. The van der Waals surface area contributed by atoms with Gasteiger partial charge in [0.2, 0.25) is 5.13 Å². The number of hydrogen-bond donors (Lipinski definition) is 1. The molecule has 0 fully saturated rings. The minimum atomic E-state index is 0.784. The highest BCUT2D eigenvalue weighted by Gasteiger charge is 2.00. The molecule has 72 valence electrons. The highest BCUT2D eigenvalue weighted by atomic mass is 79.9. The molecule has 5 heteroatoms. The van der Waals surface area contributed by atoms with Crippen LogP contribution in [0.1, 0.15) is 5.56 Å². The Morgan fingerprint density at radius 3 is 2.50 bits per heavy atom. The summed E-state index contributed by atoms with van der Waals surface area (Å²) in [6, 6.07) is 8.14. The molecule has 14 heavy (non-hydrogen) atoms. The van der Waals surface area contributed by atoms with Crippen LogP contribution in [0, 0.1) is 6.92 Å². The molecule has 1 heterocycles. The van der Waals surface area contributed by atoms with Crippen molar-refractivity contribution in [2.75, 3.05) is 5.32 Å². The van der Waals surface area contributed by atoms with Crippen LogP contribution in [0.25, 0.3) is 0 Å². The topological polar surface area (TPSA) is 37.8 Å². The molecule has 3 nitrogen and oxygen atoms in total. The van der Waals surface area contributed by atoms with Gasteiger partial charge in [-0.25, -0.2) is 0 Å². The number of rotatable bonds is 2. The molecule has 0 aliphatic carbocycles. The standard InChI is InChI=1S/C9H8BrN3S/c1-6-2-4-7(5-3-6)11-9-13-12-8(10)14-9/h2-5H,1H3,(H,11,13). The van der Waals surface area contributed by atoms with Gasteiger partial charge in [0, 0.05) is 5.69 Å². The van der Waals surface area contributed by atoms with E-state index in [1.807, 2.05) is 12.1 Å². The Morgan fingerprint density at radius 2 is 1.93 bits per heavy atom. The summed E-state index contributed by atoms with van der Waals surface area (Å²) in [5, 5.41) is 11.8. The zero-order valence-corrected chi connectivity index (χ0v) is 9.89. The molecule has 0 saturated heterocycles. The fourth-order valence-corrected chi connectivity index (χ4v) is 2.05. The van der Waals surface area contributed by atoms with Crippen molar-refractivity contribution < 1.29 is 0 Å². The van der Waals surface area contributed by atoms with Crippen LogP contribution in [0.4, 0.5) is 10.8 Å². The minimum Gasteiger partial charge on any atom is -0.330 e. The molecule has 0 saturated carbocycles. The summed E-state index contributed by atoms with van der Waals surface area (Å²) in [6.45, 7) is 2.06. The molecule has 0 spiro atoms. The molecule has 2 rings (SSSR count). The summed E-state index contributed by atoms with van der Waals surface area (Å²) in [4.78, 5) is 0. The number of aromatic nitrogens is 2. The first kappa shape index (κ1) is 9.61. The third kappa shape index (κ3) is 2.30. The first-order valence-corrected chi connectivity index (χ1v) is 5.68. The summed E-state index contributed by atoms with van der Waals surface area (Å²) in [6.07, 6.45) is 0. The summed E-state index contributed by atoms with van der Waals surface area (Å²) in [7, 11) is 0. The Kier molecular flexibility index (Phi) is 2.79. The maximum Gasteiger partial charge on any atom is 0.210 e. The van der Waals surface area contributed by atoms with E-state index in [2.05, 4.69) is 50.5 Å². The highest BCUT2D eigenvalue weighted by molar-refractivity contribution is 9.11. The van der Waals surface area contributed by atoms with Crippen LogP contribution in [-0.4, -0.2) is 10.2 Å². The molecule has 0 aliphatic rings. The van der Waals surface area contributed by atoms with Gasteiger partial charge in [0.1, 0.15) is 0 Å². The molecule has 0 radical (unpaired) electrons. The van der Waals surface area contributed by atoms with Crippen molar-refractivity contribution in [3.05, 3.63) is 33.7 Å². The van der Waals surface area contributed by atoms with E-state index in [1.165, 1.54) is 16.9 Å². The van der Waals surface area contributed by atoms with Gasteiger partial charge in [-0.05, 0) is 35.0 Å². The average Bonchev–Trinajstić information content (AvgIpc) is 2.56. The quantitative estimate of drug-likeness (QED) is 0.909. The first-order valence-electron chi connectivity index (χ1n) is 4.07. The molecule has 1 aromatic carbocycles. The average molecular weight is 270 g/mol. The molecular weight excluding hydrogens is 262 g/mol. The lowest BCUT2D eigenvalue weighted by molar-refractivity contribution is 1.07. The summed E-state index contributed by atoms with van der Waals surface area (Å²) in [5.41, 5.74) is 2.27. The van der Waals surface area contributed by atoms with Gasteiger partial charge < -0.3 is 5.32 Å². The molecule has 0 atom stereocenters. The lowest BCUT2D eigenvalue weighted by Gasteiger charge is -2.00. The Labute approximate surface area is 94.3 Å². The van der Waals surface area contributed by atoms with E-state index in [0.717, 1.165) is 14.7 Å². The number of halogens is 1. The largest absolute Gasteiger partial charge is 0.330 e. The van der Waals surface area contributed by atoms with Crippen LogP contribution in [0.3, 0.4) is 0 Å². The van der Waals surface area contributed by atoms with Gasteiger partial charge in [0.15, 0.2) is 3.92 Å². The Balaban J connectivity index is 2.15. The van der Waals surface area contributed by atoms with Gasteiger partial charge in [-0.15, -0.1) is 10.2 Å². The van der Waals surface area contributed by atoms with Crippen LogP contribution in [-0.2, 0) is 0 Å². The third-order valence-corrected chi connectivity index (χ3v) is 2.97. The van der Waals surface area contributed by atoms with E-state index < -0.39 is 0 Å². The van der Waals surface area contributed by atoms with Crippen molar-refractivity contribution in [2.24, 2.45) is 0 Å². The molecule has 2 aromatic rings. The number of anilines is 2. The van der Waals surface area contributed by atoms with Gasteiger partial charge in [0.25, 0.3) is 0 Å². The maximum absolute atomic E-state index is 3.94. The van der Waals surface area contributed by atoms with Crippen molar-refractivity contribution in [3.8, 4) is 0 Å². The van der Waals surface area contributed by atoms with Crippen molar-refractivity contribution >= 4 is 38.1 Å². The smallest absolute Gasteiger partial charge is 0.210 e. The van der Waals surface area contributed by atoms with E-state index in [-0.39, 0.29) is 0 Å². The molecule has 0 amide bonds. The highest BCUT2D eigenvalue weighted by Crippen LogP contribution is 2.23. The Morgan fingerprint density at radius 1 is 1.21 bits per heavy atom. The second-order valence-corrected chi connectivity index (χ2v) is 5.10. The van der Waals surface area contributed by atoms with Crippen molar-refractivity contribution in [2.45, 2.75) is 6.92 Å². The number of aryl methyl sites for hydroxylation is 1. The molecule has 0 aliphatic heterocycles. The SMILES string of the molecule is Cc1ccc(Nc2nnc(Br)s2)cc1. The zero-order valence-electron chi connectivity index (χ0n) is 7.49. The van der Waals surface area contributed by atoms with E-state index in [9.17, 15) is 0 Å². The van der Waals surface area contributed by atoms with Crippen LogP contribution >= 0.6 is 27.3 Å². The Bertz CT molecular complexity index is 424. The maximum atomic E-state index is 3.94. The van der Waals surface area contributed by atoms with E-state index in [4.69, 9.17) is 0 Å².